The van der Waals surface area contributed by atoms with E-state index in [9.17, 15) is 9.59 Å². The summed E-state index contributed by atoms with van der Waals surface area (Å²) in [5.41, 5.74) is 0.711. The van der Waals surface area contributed by atoms with Gasteiger partial charge in [-0.3, -0.25) is 9.59 Å². The molecule has 0 bridgehead atoms. The van der Waals surface area contributed by atoms with Gasteiger partial charge in [-0.05, 0) is 30.3 Å². The topological polar surface area (TPSA) is 52.2 Å². The molecule has 108 valence electrons. The van der Waals surface area contributed by atoms with Gasteiger partial charge in [0.2, 0.25) is 5.43 Å². The second-order valence-electron chi connectivity index (χ2n) is 5.16. The molecular formula is C17H10ClNO3. The van der Waals surface area contributed by atoms with Crippen molar-refractivity contribution in [2.75, 3.05) is 0 Å². The maximum absolute atomic E-state index is 12.7. The molecule has 0 saturated carbocycles. The maximum Gasteiger partial charge on any atom is 0.265 e. The van der Waals surface area contributed by atoms with Gasteiger partial charge < -0.3 is 8.98 Å². The molecule has 0 aliphatic carbocycles. The van der Waals surface area contributed by atoms with E-state index in [0.717, 1.165) is 0 Å². The zero-order chi connectivity index (χ0) is 15.4. The summed E-state index contributed by atoms with van der Waals surface area (Å²) in [6.07, 6.45) is 0. The highest BCUT2D eigenvalue weighted by atomic mass is 35.5. The van der Waals surface area contributed by atoms with Crippen molar-refractivity contribution in [3.8, 4) is 0 Å². The van der Waals surface area contributed by atoms with Gasteiger partial charge in [-0.2, -0.15) is 0 Å². The maximum atomic E-state index is 12.7. The molecule has 5 heteroatoms. The zero-order valence-electron chi connectivity index (χ0n) is 11.6. The smallest absolute Gasteiger partial charge is 0.265 e. The number of hydrogen-bond donors (Lipinski definition) is 0. The van der Waals surface area contributed by atoms with E-state index in [1.54, 1.807) is 49.5 Å². The van der Waals surface area contributed by atoms with Crippen LogP contribution in [0.2, 0.25) is 5.02 Å². The van der Waals surface area contributed by atoms with Crippen molar-refractivity contribution < 1.29 is 4.42 Å². The second-order valence-corrected chi connectivity index (χ2v) is 5.59. The van der Waals surface area contributed by atoms with Gasteiger partial charge in [0.25, 0.3) is 5.56 Å². The van der Waals surface area contributed by atoms with Gasteiger partial charge in [0, 0.05) is 17.5 Å². The summed E-state index contributed by atoms with van der Waals surface area (Å²) in [6, 6.07) is 12.0. The molecule has 4 nitrogen and oxygen atoms in total. The summed E-state index contributed by atoms with van der Waals surface area (Å²) in [4.78, 5) is 25.2. The van der Waals surface area contributed by atoms with Crippen LogP contribution < -0.4 is 11.0 Å². The molecule has 0 fully saturated rings. The first-order valence-electron chi connectivity index (χ1n) is 6.72. The van der Waals surface area contributed by atoms with Gasteiger partial charge in [-0.15, -0.1) is 0 Å². The van der Waals surface area contributed by atoms with Crippen molar-refractivity contribution in [1.29, 1.82) is 0 Å². The fourth-order valence-corrected chi connectivity index (χ4v) is 2.96. The molecule has 0 N–H and O–H groups in total. The number of rotatable bonds is 0. The average Bonchev–Trinajstić information content (AvgIpc) is 2.52. The summed E-state index contributed by atoms with van der Waals surface area (Å²) in [6.45, 7) is 0. The normalized spacial score (nSPS) is 11.5. The van der Waals surface area contributed by atoms with Crippen molar-refractivity contribution in [2.24, 2.45) is 7.05 Å². The fourth-order valence-electron chi connectivity index (χ4n) is 2.79. The number of para-hydroxylation sites is 1. The van der Waals surface area contributed by atoms with Crippen molar-refractivity contribution >= 4 is 44.4 Å². The van der Waals surface area contributed by atoms with Crippen LogP contribution in [0, 0.1) is 0 Å². The van der Waals surface area contributed by atoms with Gasteiger partial charge in [0.15, 0.2) is 5.58 Å². The molecule has 2 aromatic carbocycles. The third-order valence-corrected chi connectivity index (χ3v) is 4.12. The van der Waals surface area contributed by atoms with Crippen molar-refractivity contribution in [3.63, 3.8) is 0 Å². The first-order valence-corrected chi connectivity index (χ1v) is 7.09. The second kappa shape index (κ2) is 4.45. The lowest BCUT2D eigenvalue weighted by molar-refractivity contribution is 0.661. The van der Waals surface area contributed by atoms with E-state index < -0.39 is 0 Å². The van der Waals surface area contributed by atoms with Crippen LogP contribution in [0.4, 0.5) is 0 Å². The number of hydrogen-bond acceptors (Lipinski definition) is 3. The monoisotopic (exact) mass is 311 g/mol. The molecular weight excluding hydrogens is 302 g/mol. The minimum atomic E-state index is -0.371. The van der Waals surface area contributed by atoms with Gasteiger partial charge in [0.05, 0.1) is 10.9 Å². The average molecular weight is 312 g/mol. The number of nitrogens with zero attached hydrogens (tertiary/aromatic N) is 1. The molecule has 22 heavy (non-hydrogen) atoms. The first-order chi connectivity index (χ1) is 10.6. The summed E-state index contributed by atoms with van der Waals surface area (Å²) in [5, 5.41) is 1.61. The molecule has 0 amide bonds. The van der Waals surface area contributed by atoms with E-state index in [-0.39, 0.29) is 22.0 Å². The quantitative estimate of drug-likeness (QED) is 0.369. The van der Waals surface area contributed by atoms with E-state index in [0.29, 0.717) is 26.9 Å². The molecule has 4 aromatic rings. The minimum Gasteiger partial charge on any atom is -0.455 e. The number of aryl methyl sites for hydroxylation is 1. The Kier molecular flexibility index (Phi) is 2.65. The van der Waals surface area contributed by atoms with Crippen LogP contribution in [-0.2, 0) is 7.05 Å². The van der Waals surface area contributed by atoms with Crippen molar-refractivity contribution in [2.45, 2.75) is 0 Å². The number of halogens is 1. The Morgan fingerprint density at radius 2 is 1.82 bits per heavy atom. The predicted molar refractivity (Wildman–Crippen MR) is 87.7 cm³/mol. The molecule has 0 saturated heterocycles. The number of aromatic nitrogens is 1. The molecule has 0 aliphatic heterocycles. The van der Waals surface area contributed by atoms with Crippen LogP contribution in [0.1, 0.15) is 0 Å². The van der Waals surface area contributed by atoms with E-state index >= 15 is 0 Å². The Labute approximate surface area is 129 Å². The third kappa shape index (κ3) is 1.64. The van der Waals surface area contributed by atoms with E-state index in [1.807, 2.05) is 0 Å². The van der Waals surface area contributed by atoms with Gasteiger partial charge >= 0.3 is 0 Å². The zero-order valence-corrected chi connectivity index (χ0v) is 12.3. The Morgan fingerprint density at radius 3 is 2.64 bits per heavy atom. The lowest BCUT2D eigenvalue weighted by Gasteiger charge is -2.09. The van der Waals surface area contributed by atoms with Crippen LogP contribution in [0.5, 0.6) is 0 Å². The standard InChI is InChI=1S/C17H10ClNO3/c1-19-12-7-6-9(18)8-11(12)16-14(17(19)21)15(20)10-4-2-3-5-13(10)22-16/h2-8H,1H3. The van der Waals surface area contributed by atoms with Gasteiger partial charge in [-0.25, -0.2) is 0 Å². The van der Waals surface area contributed by atoms with E-state index in [2.05, 4.69) is 0 Å². The fraction of sp³-hybridized carbons (Fsp3) is 0.0588. The number of benzene rings is 2. The number of fused-ring (bicyclic) bond motifs is 4. The number of pyridine rings is 1. The van der Waals surface area contributed by atoms with Crippen LogP contribution in [-0.4, -0.2) is 4.57 Å². The molecule has 4 rings (SSSR count). The summed E-state index contributed by atoms with van der Waals surface area (Å²) in [5.74, 6) is 0. The van der Waals surface area contributed by atoms with E-state index in [4.69, 9.17) is 16.0 Å². The summed E-state index contributed by atoms with van der Waals surface area (Å²) < 4.78 is 7.30. The van der Waals surface area contributed by atoms with Gasteiger partial charge in [0.1, 0.15) is 11.0 Å². The molecule has 0 spiro atoms. The SMILES string of the molecule is Cn1c(=O)c2c(=O)c3ccccc3oc2c2cc(Cl)ccc21. The predicted octanol–water partition coefficient (Wildman–Crippen LogP) is 3.45. The molecule has 2 aromatic heterocycles. The highest BCUT2D eigenvalue weighted by Crippen LogP contribution is 2.26. The van der Waals surface area contributed by atoms with Crippen LogP contribution >= 0.6 is 11.6 Å². The lowest BCUT2D eigenvalue weighted by Crippen LogP contribution is -2.23. The van der Waals surface area contributed by atoms with E-state index in [1.165, 1.54) is 4.57 Å². The summed E-state index contributed by atoms with van der Waals surface area (Å²) >= 11 is 6.06. The lowest BCUT2D eigenvalue weighted by atomic mass is 10.1. The molecule has 0 aliphatic rings. The Morgan fingerprint density at radius 1 is 1.05 bits per heavy atom. The largest absolute Gasteiger partial charge is 0.455 e. The van der Waals surface area contributed by atoms with Crippen LogP contribution in [0.25, 0.3) is 32.8 Å². The third-order valence-electron chi connectivity index (χ3n) is 3.88. The first kappa shape index (κ1) is 13.1. The van der Waals surface area contributed by atoms with Crippen molar-refractivity contribution in [1.82, 2.24) is 4.57 Å². The Balaban J connectivity index is 2.44. The van der Waals surface area contributed by atoms with Crippen LogP contribution in [0.3, 0.4) is 0 Å². The minimum absolute atomic E-state index is 0.0518. The molecule has 0 unspecified atom stereocenters. The Bertz CT molecular complexity index is 1190. The molecule has 0 atom stereocenters. The highest BCUT2D eigenvalue weighted by molar-refractivity contribution is 6.31. The summed E-state index contributed by atoms with van der Waals surface area (Å²) in [7, 11) is 1.63. The van der Waals surface area contributed by atoms with Crippen molar-refractivity contribution in [3.05, 3.63) is 68.1 Å². The molecule has 2 heterocycles. The van der Waals surface area contributed by atoms with Gasteiger partial charge in [-0.1, -0.05) is 23.7 Å². The highest BCUT2D eigenvalue weighted by Gasteiger charge is 2.16. The molecule has 0 radical (unpaired) electrons. The van der Waals surface area contributed by atoms with Crippen LogP contribution in [0.15, 0.2) is 56.5 Å². The Hall–Kier alpha value is -2.59.